The number of benzene rings is 2. The van der Waals surface area contributed by atoms with Crippen molar-refractivity contribution in [2.45, 2.75) is 64.9 Å². The molecular formula is C33H42N2O8. The molecule has 2 aliphatic heterocycles. The molecule has 10 nitrogen and oxygen atoms in total. The van der Waals surface area contributed by atoms with Gasteiger partial charge in [0.05, 0.1) is 0 Å². The molecule has 0 spiro atoms. The van der Waals surface area contributed by atoms with Gasteiger partial charge in [0, 0.05) is 61.6 Å². The van der Waals surface area contributed by atoms with Gasteiger partial charge in [0.1, 0.15) is 28.6 Å². The van der Waals surface area contributed by atoms with E-state index in [0.717, 1.165) is 58.3 Å². The Bertz CT molecular complexity index is 1320. The number of hydrogen-bond acceptors (Lipinski definition) is 8. The van der Waals surface area contributed by atoms with E-state index in [-0.39, 0.29) is 34.8 Å². The Labute approximate surface area is 252 Å². The average Bonchev–Trinajstić information content (AvgIpc) is 2.96. The second-order valence-corrected chi connectivity index (χ2v) is 11.5. The number of carbonyl (C=O) groups excluding carboxylic acids is 3. The molecule has 4 rings (SSSR count). The summed E-state index contributed by atoms with van der Waals surface area (Å²) in [6.07, 6.45) is 11.7. The second kappa shape index (κ2) is 15.7. The monoisotopic (exact) mass is 594 g/mol. The second-order valence-electron chi connectivity index (χ2n) is 11.5. The molecule has 0 atom stereocenters. The van der Waals surface area contributed by atoms with Crippen LogP contribution < -0.4 is 4.74 Å². The molecule has 10 heteroatoms. The number of likely N-dealkylation sites (tertiary alicyclic amines) is 2. The maximum absolute atomic E-state index is 12.2. The van der Waals surface area contributed by atoms with Gasteiger partial charge < -0.3 is 34.6 Å². The molecule has 0 saturated carbocycles. The van der Waals surface area contributed by atoms with Crippen LogP contribution >= 0.6 is 0 Å². The van der Waals surface area contributed by atoms with Crippen LogP contribution in [0.2, 0.25) is 0 Å². The third-order valence-corrected chi connectivity index (χ3v) is 6.74. The van der Waals surface area contributed by atoms with Crippen LogP contribution in [0.25, 0.3) is 12.2 Å². The highest BCUT2D eigenvalue weighted by atomic mass is 16.7. The van der Waals surface area contributed by atoms with E-state index in [1.54, 1.807) is 50.0 Å². The molecule has 2 aromatic carbocycles. The lowest BCUT2D eigenvalue weighted by atomic mass is 10.1. The topological polar surface area (TPSA) is 137 Å². The number of carbonyl (C=O) groups is 3. The van der Waals surface area contributed by atoms with Crippen molar-refractivity contribution in [3.05, 3.63) is 59.7 Å². The Morgan fingerprint density at radius 3 is 1.65 bits per heavy atom. The molecule has 0 unspecified atom stereocenters. The van der Waals surface area contributed by atoms with Gasteiger partial charge in [0.25, 0.3) is 0 Å². The Morgan fingerprint density at radius 2 is 1.16 bits per heavy atom. The third-order valence-electron chi connectivity index (χ3n) is 6.74. The number of hydrogen-bond donors (Lipinski definition) is 3. The number of rotatable bonds is 5. The number of amides is 2. The van der Waals surface area contributed by atoms with Crippen molar-refractivity contribution in [2.24, 2.45) is 0 Å². The van der Waals surface area contributed by atoms with Crippen LogP contribution in [-0.2, 0) is 14.3 Å². The van der Waals surface area contributed by atoms with Crippen molar-refractivity contribution < 1.29 is 39.2 Å². The average molecular weight is 595 g/mol. The Morgan fingerprint density at radius 1 is 0.698 bits per heavy atom. The van der Waals surface area contributed by atoms with Gasteiger partial charge in [-0.25, -0.2) is 4.79 Å². The fraction of sp³-hybridized carbons (Fsp3) is 0.424. The summed E-state index contributed by atoms with van der Waals surface area (Å²) in [4.78, 5) is 39.5. The van der Waals surface area contributed by atoms with Gasteiger partial charge in [-0.3, -0.25) is 9.59 Å². The summed E-state index contributed by atoms with van der Waals surface area (Å²) in [5, 5.41) is 28.4. The molecule has 2 aliphatic rings. The van der Waals surface area contributed by atoms with E-state index >= 15 is 0 Å². The zero-order valence-electron chi connectivity index (χ0n) is 25.1. The van der Waals surface area contributed by atoms with Crippen LogP contribution in [0.3, 0.4) is 0 Å². The van der Waals surface area contributed by atoms with Gasteiger partial charge in [0.2, 0.25) is 11.8 Å². The van der Waals surface area contributed by atoms with Gasteiger partial charge in [-0.05, 0) is 95.7 Å². The Kier molecular flexibility index (Phi) is 12.0. The molecule has 2 heterocycles. The van der Waals surface area contributed by atoms with Gasteiger partial charge in [-0.2, -0.15) is 0 Å². The van der Waals surface area contributed by atoms with Gasteiger partial charge in [0.15, 0.2) is 0 Å². The highest BCUT2D eigenvalue weighted by Gasteiger charge is 2.20. The molecule has 2 amide bonds. The lowest BCUT2D eigenvalue weighted by Crippen LogP contribution is -2.34. The number of phenolic OH excluding ortho intramolecular Hbond substituents is 3. The molecule has 0 radical (unpaired) electrons. The quantitative estimate of drug-likeness (QED) is 0.223. The summed E-state index contributed by atoms with van der Waals surface area (Å²) in [5.41, 5.74) is 0.348. The highest BCUT2D eigenvalue weighted by molar-refractivity contribution is 5.93. The molecule has 2 aromatic rings. The smallest absolute Gasteiger partial charge is 0.508 e. The van der Waals surface area contributed by atoms with Gasteiger partial charge in [-0.1, -0.05) is 0 Å². The van der Waals surface area contributed by atoms with Crippen molar-refractivity contribution in [3.8, 4) is 23.0 Å². The van der Waals surface area contributed by atoms with E-state index in [1.165, 1.54) is 42.8 Å². The molecule has 232 valence electrons. The normalized spacial score (nSPS) is 15.6. The fourth-order valence-corrected chi connectivity index (χ4v) is 4.54. The Hall–Kier alpha value is -4.47. The summed E-state index contributed by atoms with van der Waals surface area (Å²) in [5.74, 6) is -0.0297. The molecular weight excluding hydrogens is 552 g/mol. The lowest BCUT2D eigenvalue weighted by Gasteiger charge is -2.25. The van der Waals surface area contributed by atoms with Gasteiger partial charge >= 0.3 is 6.16 Å². The molecule has 3 N–H and O–H groups in total. The summed E-state index contributed by atoms with van der Waals surface area (Å²) in [6, 6.07) is 8.66. The standard InChI is InChI=1S/C19H25NO5.C14H17NO3/c1-19(2,3)25-18(23)24-16-13-15(21)9-7-14(16)8-10-17(22)20-11-5-4-6-12-20;16-12-6-4-11(13(17)10-12)5-7-14(18)15-8-2-1-3-9-15/h7-10,13,21H,4-6,11-12H2,1-3H3;4-7,10,16-17H,1-3,8-9H2/b10-8+;7-5+. The first-order chi connectivity index (χ1) is 20.4. The van der Waals surface area contributed by atoms with Crippen molar-refractivity contribution in [1.29, 1.82) is 0 Å². The Balaban J connectivity index is 0.000000248. The zero-order chi connectivity index (χ0) is 31.4. The largest absolute Gasteiger partial charge is 0.514 e. The molecule has 2 fully saturated rings. The molecule has 0 aromatic heterocycles. The first-order valence-electron chi connectivity index (χ1n) is 14.6. The fourth-order valence-electron chi connectivity index (χ4n) is 4.54. The number of phenols is 3. The number of nitrogens with zero attached hydrogens (tertiary/aromatic N) is 2. The molecule has 0 bridgehead atoms. The minimum Gasteiger partial charge on any atom is -0.508 e. The van der Waals surface area contributed by atoms with Crippen molar-refractivity contribution in [2.75, 3.05) is 26.2 Å². The highest BCUT2D eigenvalue weighted by Crippen LogP contribution is 2.27. The summed E-state index contributed by atoms with van der Waals surface area (Å²) in [7, 11) is 0. The van der Waals surface area contributed by atoms with Crippen molar-refractivity contribution >= 4 is 30.1 Å². The van der Waals surface area contributed by atoms with Crippen LogP contribution in [0.15, 0.2) is 48.6 Å². The first-order valence-corrected chi connectivity index (χ1v) is 14.6. The number of aromatic hydroxyl groups is 3. The minimum absolute atomic E-state index is 0.00649. The van der Waals surface area contributed by atoms with E-state index < -0.39 is 11.8 Å². The number of piperidine rings is 2. The summed E-state index contributed by atoms with van der Waals surface area (Å²) >= 11 is 0. The van der Waals surface area contributed by atoms with Crippen LogP contribution in [0.1, 0.15) is 70.4 Å². The van der Waals surface area contributed by atoms with Crippen LogP contribution in [0, 0.1) is 0 Å². The van der Waals surface area contributed by atoms with Gasteiger partial charge in [-0.15, -0.1) is 0 Å². The van der Waals surface area contributed by atoms with E-state index in [4.69, 9.17) is 14.6 Å². The minimum atomic E-state index is -0.866. The van der Waals surface area contributed by atoms with Crippen molar-refractivity contribution in [1.82, 2.24) is 9.80 Å². The van der Waals surface area contributed by atoms with Crippen LogP contribution in [-0.4, -0.2) is 74.9 Å². The first kappa shape index (κ1) is 33.0. The maximum atomic E-state index is 12.2. The van der Waals surface area contributed by atoms with E-state index in [2.05, 4.69) is 0 Å². The predicted octanol–water partition coefficient (Wildman–Crippen LogP) is 5.86. The zero-order valence-corrected chi connectivity index (χ0v) is 25.1. The van der Waals surface area contributed by atoms with Crippen LogP contribution in [0.4, 0.5) is 4.79 Å². The maximum Gasteiger partial charge on any atom is 0.514 e. The van der Waals surface area contributed by atoms with E-state index in [1.807, 2.05) is 4.90 Å². The summed E-state index contributed by atoms with van der Waals surface area (Å²) in [6.45, 7) is 8.34. The molecule has 0 aliphatic carbocycles. The molecule has 43 heavy (non-hydrogen) atoms. The number of ether oxygens (including phenoxy) is 2. The van der Waals surface area contributed by atoms with E-state index in [9.17, 15) is 24.6 Å². The summed E-state index contributed by atoms with van der Waals surface area (Å²) < 4.78 is 10.3. The molecule has 2 saturated heterocycles. The van der Waals surface area contributed by atoms with Crippen LogP contribution in [0.5, 0.6) is 23.0 Å². The third kappa shape index (κ3) is 11.4. The lowest BCUT2D eigenvalue weighted by molar-refractivity contribution is -0.127. The van der Waals surface area contributed by atoms with Crippen molar-refractivity contribution in [3.63, 3.8) is 0 Å². The SMILES string of the molecule is CC(C)(C)OC(=O)Oc1cc(O)ccc1/C=C/C(=O)N1CCCCC1.O=C(/C=C/c1ccc(O)cc1O)N1CCCCC1. The predicted molar refractivity (Wildman–Crippen MR) is 164 cm³/mol. The van der Waals surface area contributed by atoms with E-state index in [0.29, 0.717) is 11.1 Å².